The van der Waals surface area contributed by atoms with Crippen LogP contribution in [0.25, 0.3) is 0 Å². The molecule has 0 bridgehead atoms. The average molecular weight is 360 g/mol. The number of hydrogen-bond acceptors (Lipinski definition) is 2. The van der Waals surface area contributed by atoms with Gasteiger partial charge in [0.1, 0.15) is 18.9 Å². The number of hydrogen-bond donors (Lipinski definition) is 2. The second-order valence-electron chi connectivity index (χ2n) is 6.53. The third kappa shape index (κ3) is 5.21. The summed E-state index contributed by atoms with van der Waals surface area (Å²) in [5.41, 5.74) is 1.03. The van der Waals surface area contributed by atoms with E-state index in [0.717, 1.165) is 35.6 Å². The molecule has 2 N–H and O–H groups in total. The number of rotatable bonds is 8. The molecule has 1 fully saturated rings. The third-order valence-corrected chi connectivity index (χ3v) is 4.64. The van der Waals surface area contributed by atoms with Crippen LogP contribution in [-0.4, -0.2) is 32.1 Å². The maximum absolute atomic E-state index is 12.7. The number of nitrogens with one attached hydrogen (secondary N) is 2. The maximum Gasteiger partial charge on any atom is 0.283 e. The Hall–Kier alpha value is -2.04. The minimum atomic E-state index is -0.226. The molecule has 4 nitrogen and oxygen atoms in total. The second-order valence-corrected chi connectivity index (χ2v) is 6.96. The van der Waals surface area contributed by atoms with Crippen molar-refractivity contribution in [1.82, 2.24) is 5.32 Å². The fourth-order valence-electron chi connectivity index (χ4n) is 2.82. The van der Waals surface area contributed by atoms with Crippen LogP contribution in [0.3, 0.4) is 0 Å². The number of quaternary nitrogens is 1. The number of carbonyl (C=O) groups is 1. The van der Waals surface area contributed by atoms with Gasteiger partial charge in [0.25, 0.3) is 5.91 Å². The molecule has 0 radical (unpaired) electrons. The highest BCUT2D eigenvalue weighted by atomic mass is 35.5. The Morgan fingerprint density at radius 3 is 2.52 bits per heavy atom. The Balaban J connectivity index is 1.60. The molecule has 2 atom stereocenters. The molecule has 0 heterocycles. The van der Waals surface area contributed by atoms with Gasteiger partial charge >= 0.3 is 0 Å². The Morgan fingerprint density at radius 1 is 1.20 bits per heavy atom. The third-order valence-electron chi connectivity index (χ3n) is 4.39. The van der Waals surface area contributed by atoms with Gasteiger partial charge in [-0.1, -0.05) is 41.9 Å². The van der Waals surface area contributed by atoms with E-state index in [1.807, 2.05) is 61.6 Å². The molecule has 0 saturated heterocycles. The van der Waals surface area contributed by atoms with Gasteiger partial charge in [-0.2, -0.15) is 0 Å². The van der Waals surface area contributed by atoms with Crippen molar-refractivity contribution in [2.24, 2.45) is 0 Å². The first-order valence-electron chi connectivity index (χ1n) is 8.69. The fourth-order valence-corrected chi connectivity index (χ4v) is 2.95. The van der Waals surface area contributed by atoms with E-state index in [-0.39, 0.29) is 11.9 Å². The summed E-state index contributed by atoms with van der Waals surface area (Å²) < 4.78 is 5.78. The number of halogens is 1. The van der Waals surface area contributed by atoms with E-state index in [0.29, 0.717) is 17.7 Å². The molecule has 1 aliphatic rings. The van der Waals surface area contributed by atoms with Crippen molar-refractivity contribution in [3.05, 3.63) is 65.2 Å². The zero-order valence-electron chi connectivity index (χ0n) is 14.4. The lowest BCUT2D eigenvalue weighted by molar-refractivity contribution is -0.902. The van der Waals surface area contributed by atoms with Gasteiger partial charge in [-0.3, -0.25) is 4.79 Å². The molecule has 0 aromatic heterocycles. The van der Waals surface area contributed by atoms with Crippen molar-refractivity contribution in [2.75, 3.05) is 20.2 Å². The van der Waals surface area contributed by atoms with Gasteiger partial charge in [0.2, 0.25) is 0 Å². The van der Waals surface area contributed by atoms with Crippen LogP contribution in [0.2, 0.25) is 5.02 Å². The van der Waals surface area contributed by atoms with Gasteiger partial charge in [0.15, 0.2) is 6.04 Å². The van der Waals surface area contributed by atoms with Crippen LogP contribution in [0.15, 0.2) is 54.6 Å². The molecule has 25 heavy (non-hydrogen) atoms. The molecule has 2 aromatic carbocycles. The second kappa shape index (κ2) is 8.37. The summed E-state index contributed by atoms with van der Waals surface area (Å²) >= 11 is 5.88. The summed E-state index contributed by atoms with van der Waals surface area (Å²) in [6.07, 6.45) is 2.18. The van der Waals surface area contributed by atoms with E-state index < -0.39 is 0 Å². The number of carbonyl (C=O) groups excluding carboxylic acids is 1. The smallest absolute Gasteiger partial charge is 0.283 e. The van der Waals surface area contributed by atoms with Crippen molar-refractivity contribution in [1.29, 1.82) is 0 Å². The van der Waals surface area contributed by atoms with Crippen molar-refractivity contribution in [2.45, 2.75) is 24.9 Å². The number of likely N-dealkylation sites (N-methyl/N-ethyl adjacent to an activating group) is 1. The molecule has 1 amide bonds. The Kier molecular flexibility index (Phi) is 5.95. The van der Waals surface area contributed by atoms with Crippen molar-refractivity contribution < 1.29 is 14.4 Å². The van der Waals surface area contributed by atoms with E-state index in [1.54, 1.807) is 0 Å². The normalized spacial score (nSPS) is 16.1. The molecule has 5 heteroatoms. The van der Waals surface area contributed by atoms with Gasteiger partial charge in [-0.25, -0.2) is 0 Å². The number of amides is 1. The topological polar surface area (TPSA) is 42.8 Å². The summed E-state index contributed by atoms with van der Waals surface area (Å²) in [7, 11) is 2.04. The van der Waals surface area contributed by atoms with Crippen molar-refractivity contribution >= 4 is 17.5 Å². The number of ether oxygens (including phenoxy) is 1. The van der Waals surface area contributed by atoms with Crippen LogP contribution in [-0.2, 0) is 4.79 Å². The van der Waals surface area contributed by atoms with Gasteiger partial charge < -0.3 is 15.0 Å². The van der Waals surface area contributed by atoms with Crippen LogP contribution < -0.4 is 15.0 Å². The molecule has 0 spiro atoms. The van der Waals surface area contributed by atoms with Crippen LogP contribution in [0.5, 0.6) is 5.75 Å². The van der Waals surface area contributed by atoms with E-state index in [9.17, 15) is 4.79 Å². The maximum atomic E-state index is 12.7. The van der Waals surface area contributed by atoms with E-state index in [1.165, 1.54) is 0 Å². The van der Waals surface area contributed by atoms with Gasteiger partial charge in [-0.15, -0.1) is 0 Å². The first-order chi connectivity index (χ1) is 12.1. The van der Waals surface area contributed by atoms with Crippen molar-refractivity contribution in [3.63, 3.8) is 0 Å². The first kappa shape index (κ1) is 17.8. The summed E-state index contributed by atoms with van der Waals surface area (Å²) in [5, 5.41) is 3.82. The standard InChI is InChI=1S/C20H23ClN2O2/c1-23(13-14-25-18-11-7-16(21)8-12-18)19(15-5-3-2-4-6-15)20(24)22-17-9-10-17/h2-8,11-12,17,19H,9-10,13-14H2,1H3,(H,22,24)/p+1/t19-/m1/s1. The highest BCUT2D eigenvalue weighted by molar-refractivity contribution is 6.30. The van der Waals surface area contributed by atoms with E-state index in [2.05, 4.69) is 5.32 Å². The summed E-state index contributed by atoms with van der Waals surface area (Å²) in [6, 6.07) is 17.4. The van der Waals surface area contributed by atoms with Crippen LogP contribution in [0.4, 0.5) is 0 Å². The molecule has 132 valence electrons. The van der Waals surface area contributed by atoms with Gasteiger partial charge in [0.05, 0.1) is 7.05 Å². The highest BCUT2D eigenvalue weighted by Gasteiger charge is 2.33. The lowest BCUT2D eigenvalue weighted by Gasteiger charge is -2.24. The quantitative estimate of drug-likeness (QED) is 0.759. The molecule has 1 unspecified atom stereocenters. The zero-order chi connectivity index (χ0) is 17.6. The van der Waals surface area contributed by atoms with Crippen LogP contribution >= 0.6 is 11.6 Å². The van der Waals surface area contributed by atoms with E-state index >= 15 is 0 Å². The lowest BCUT2D eigenvalue weighted by atomic mass is 10.0. The molecule has 0 aliphatic heterocycles. The summed E-state index contributed by atoms with van der Waals surface area (Å²) in [4.78, 5) is 13.8. The highest BCUT2D eigenvalue weighted by Crippen LogP contribution is 2.20. The summed E-state index contributed by atoms with van der Waals surface area (Å²) in [5.74, 6) is 0.883. The van der Waals surface area contributed by atoms with Crippen molar-refractivity contribution in [3.8, 4) is 5.75 Å². The van der Waals surface area contributed by atoms with E-state index in [4.69, 9.17) is 16.3 Å². The summed E-state index contributed by atoms with van der Waals surface area (Å²) in [6.45, 7) is 1.26. The SMILES string of the molecule is C[NH+](CCOc1ccc(Cl)cc1)[C@@H](C(=O)NC1CC1)c1ccccc1. The minimum absolute atomic E-state index is 0.0951. The fraction of sp³-hybridized carbons (Fsp3) is 0.350. The first-order valence-corrected chi connectivity index (χ1v) is 9.07. The molecule has 3 rings (SSSR count). The molecular weight excluding hydrogens is 336 g/mol. The zero-order valence-corrected chi connectivity index (χ0v) is 15.1. The van der Waals surface area contributed by atoms with Gasteiger partial charge in [0, 0.05) is 16.6 Å². The molecule has 2 aromatic rings. The predicted octanol–water partition coefficient (Wildman–Crippen LogP) is 2.25. The Bertz CT molecular complexity index is 687. The Morgan fingerprint density at radius 2 is 1.88 bits per heavy atom. The largest absolute Gasteiger partial charge is 0.488 e. The molecular formula is C20H24ClN2O2+. The van der Waals surface area contributed by atoms with Crippen LogP contribution in [0, 0.1) is 0 Å². The predicted molar refractivity (Wildman–Crippen MR) is 99.0 cm³/mol. The lowest BCUT2D eigenvalue weighted by Crippen LogP contribution is -3.11. The minimum Gasteiger partial charge on any atom is -0.488 e. The monoisotopic (exact) mass is 359 g/mol. The Labute approximate surface area is 153 Å². The average Bonchev–Trinajstić information content (AvgIpc) is 3.42. The number of benzene rings is 2. The molecule has 1 saturated carbocycles. The van der Waals surface area contributed by atoms with Gasteiger partial charge in [-0.05, 0) is 37.1 Å². The molecule has 1 aliphatic carbocycles. The van der Waals surface area contributed by atoms with Crippen LogP contribution in [0.1, 0.15) is 24.4 Å².